The van der Waals surface area contributed by atoms with Crippen molar-refractivity contribution in [3.8, 4) is 0 Å². The fourth-order valence-electron chi connectivity index (χ4n) is 3.81. The van der Waals surface area contributed by atoms with Crippen molar-refractivity contribution in [2.45, 2.75) is 0 Å². The molecule has 0 fully saturated rings. The van der Waals surface area contributed by atoms with Gasteiger partial charge in [-0.15, -0.1) is 0 Å². The Hall–Kier alpha value is -3.26. The van der Waals surface area contributed by atoms with Gasteiger partial charge in [-0.3, -0.25) is 0 Å². The highest BCUT2D eigenvalue weighted by atomic mass is 16.3. The number of aromatic amines is 1. The van der Waals surface area contributed by atoms with E-state index in [1.165, 1.54) is 32.3 Å². The van der Waals surface area contributed by atoms with Crippen LogP contribution in [0, 0.1) is 0 Å². The number of H-pyrrole nitrogens is 1. The van der Waals surface area contributed by atoms with Gasteiger partial charge in [0, 0.05) is 33.1 Å². The Bertz CT molecular complexity index is 1400. The summed E-state index contributed by atoms with van der Waals surface area (Å²) in [4.78, 5) is 3.49. The summed E-state index contributed by atoms with van der Waals surface area (Å²) in [6.45, 7) is 0. The Balaban J connectivity index is 1.82. The number of fused-ring (bicyclic) bond motifs is 7. The van der Waals surface area contributed by atoms with Gasteiger partial charge in [-0.05, 0) is 35.0 Å². The predicted molar refractivity (Wildman–Crippen MR) is 101 cm³/mol. The number of rotatable bonds is 0. The van der Waals surface area contributed by atoms with E-state index in [1.807, 2.05) is 0 Å². The van der Waals surface area contributed by atoms with Crippen LogP contribution in [0.25, 0.3) is 54.5 Å². The second-order valence-electron chi connectivity index (χ2n) is 6.36. The van der Waals surface area contributed by atoms with Crippen LogP contribution in [-0.2, 0) is 0 Å². The summed E-state index contributed by atoms with van der Waals surface area (Å²) in [5.74, 6) is 0. The molecule has 0 saturated heterocycles. The summed E-state index contributed by atoms with van der Waals surface area (Å²) in [5, 5.41) is 7.30. The smallest absolute Gasteiger partial charge is 0.137 e. The van der Waals surface area contributed by atoms with Crippen molar-refractivity contribution in [2.75, 3.05) is 0 Å². The third kappa shape index (κ3) is 1.50. The maximum Gasteiger partial charge on any atom is 0.137 e. The van der Waals surface area contributed by atoms with E-state index in [4.69, 9.17) is 4.42 Å². The van der Waals surface area contributed by atoms with E-state index in [-0.39, 0.29) is 0 Å². The zero-order valence-electron chi connectivity index (χ0n) is 12.8. The summed E-state index contributed by atoms with van der Waals surface area (Å²) in [6, 6.07) is 25.6. The molecule has 0 spiro atoms. The summed E-state index contributed by atoms with van der Waals surface area (Å²) < 4.78 is 6.14. The summed E-state index contributed by atoms with van der Waals surface area (Å²) >= 11 is 0. The molecule has 0 amide bonds. The van der Waals surface area contributed by atoms with Crippen LogP contribution in [0.3, 0.4) is 0 Å². The molecule has 2 heterocycles. The van der Waals surface area contributed by atoms with Gasteiger partial charge in [0.2, 0.25) is 0 Å². The second-order valence-corrected chi connectivity index (χ2v) is 6.36. The maximum absolute atomic E-state index is 6.14. The third-order valence-electron chi connectivity index (χ3n) is 4.96. The highest BCUT2D eigenvalue weighted by Crippen LogP contribution is 2.36. The molecule has 0 aliphatic carbocycles. The van der Waals surface area contributed by atoms with Crippen LogP contribution in [0.5, 0.6) is 0 Å². The van der Waals surface area contributed by atoms with Gasteiger partial charge < -0.3 is 9.40 Å². The number of hydrogen-bond donors (Lipinski definition) is 1. The monoisotopic (exact) mass is 307 g/mol. The number of para-hydroxylation sites is 1. The van der Waals surface area contributed by atoms with Crippen molar-refractivity contribution >= 4 is 54.5 Å². The fourth-order valence-corrected chi connectivity index (χ4v) is 3.81. The molecule has 2 aromatic heterocycles. The molecule has 2 nitrogen and oxygen atoms in total. The second kappa shape index (κ2) is 4.18. The maximum atomic E-state index is 6.14. The van der Waals surface area contributed by atoms with Crippen LogP contribution in [0.2, 0.25) is 0 Å². The minimum Gasteiger partial charge on any atom is -0.456 e. The lowest BCUT2D eigenvalue weighted by Crippen LogP contribution is -1.72. The number of aromatic nitrogens is 1. The Morgan fingerprint density at radius 1 is 0.542 bits per heavy atom. The first-order chi connectivity index (χ1) is 11.9. The fraction of sp³-hybridized carbons (Fsp3) is 0. The molecule has 0 unspecified atom stereocenters. The van der Waals surface area contributed by atoms with Crippen molar-refractivity contribution in [2.24, 2.45) is 0 Å². The van der Waals surface area contributed by atoms with Crippen LogP contribution in [-0.4, -0.2) is 4.98 Å². The average molecular weight is 307 g/mol. The normalized spacial score (nSPS) is 12.2. The summed E-state index contributed by atoms with van der Waals surface area (Å²) in [6.07, 6.45) is 0. The number of benzene rings is 4. The lowest BCUT2D eigenvalue weighted by Gasteiger charge is -1.97. The van der Waals surface area contributed by atoms with Crippen LogP contribution < -0.4 is 0 Å². The first kappa shape index (κ1) is 12.2. The zero-order valence-corrected chi connectivity index (χ0v) is 12.8. The molecule has 6 rings (SSSR count). The Morgan fingerprint density at radius 2 is 1.25 bits per heavy atom. The van der Waals surface area contributed by atoms with Gasteiger partial charge >= 0.3 is 0 Å². The highest BCUT2D eigenvalue weighted by molar-refractivity contribution is 6.17. The molecule has 1 N–H and O–H groups in total. The highest BCUT2D eigenvalue weighted by Gasteiger charge is 2.12. The Labute approximate surface area is 137 Å². The largest absolute Gasteiger partial charge is 0.456 e. The molecule has 0 aliphatic heterocycles. The number of hydrogen-bond acceptors (Lipinski definition) is 1. The van der Waals surface area contributed by atoms with Gasteiger partial charge in [0.15, 0.2) is 0 Å². The van der Waals surface area contributed by atoms with Crippen molar-refractivity contribution in [3.05, 3.63) is 72.8 Å². The van der Waals surface area contributed by atoms with Crippen LogP contribution in [0.4, 0.5) is 0 Å². The molecule has 0 bridgehead atoms. The standard InChI is InChI=1S/C22H13NO/c1-2-6-14-10-21-17(9-13(14)5-1)18-11-16-15-7-3-4-8-19(15)23-20(16)12-22(18)24-21/h1-12,23H. The Morgan fingerprint density at radius 3 is 2.17 bits per heavy atom. The number of nitrogens with one attached hydrogen (secondary N) is 1. The van der Waals surface area contributed by atoms with Crippen LogP contribution in [0.15, 0.2) is 77.2 Å². The molecule has 24 heavy (non-hydrogen) atoms. The quantitative estimate of drug-likeness (QED) is 0.347. The van der Waals surface area contributed by atoms with Crippen LogP contribution in [0.1, 0.15) is 0 Å². The van der Waals surface area contributed by atoms with Gasteiger partial charge in [0.1, 0.15) is 11.2 Å². The van der Waals surface area contributed by atoms with Gasteiger partial charge in [0.05, 0.1) is 5.52 Å². The molecule has 0 aliphatic rings. The van der Waals surface area contributed by atoms with E-state index in [0.717, 1.165) is 22.2 Å². The molecule has 4 aromatic carbocycles. The molecule has 6 aromatic rings. The lowest BCUT2D eigenvalue weighted by molar-refractivity contribution is 0.670. The van der Waals surface area contributed by atoms with Gasteiger partial charge in [0.25, 0.3) is 0 Å². The van der Waals surface area contributed by atoms with Crippen molar-refractivity contribution in [1.29, 1.82) is 0 Å². The van der Waals surface area contributed by atoms with Gasteiger partial charge in [-0.1, -0.05) is 42.5 Å². The molecule has 0 radical (unpaired) electrons. The first-order valence-corrected chi connectivity index (χ1v) is 8.12. The lowest BCUT2D eigenvalue weighted by atomic mass is 10.0. The van der Waals surface area contributed by atoms with Crippen molar-refractivity contribution in [1.82, 2.24) is 4.98 Å². The minimum absolute atomic E-state index is 0.930. The molecular weight excluding hydrogens is 294 g/mol. The zero-order chi connectivity index (χ0) is 15.7. The Kier molecular flexibility index (Phi) is 2.12. The van der Waals surface area contributed by atoms with E-state index >= 15 is 0 Å². The molecule has 0 saturated carbocycles. The van der Waals surface area contributed by atoms with E-state index in [0.29, 0.717) is 0 Å². The third-order valence-corrected chi connectivity index (χ3v) is 4.96. The van der Waals surface area contributed by atoms with Gasteiger partial charge in [-0.2, -0.15) is 0 Å². The van der Waals surface area contributed by atoms with E-state index in [2.05, 4.69) is 77.8 Å². The minimum atomic E-state index is 0.930. The predicted octanol–water partition coefficient (Wildman–Crippen LogP) is 6.37. The van der Waals surface area contributed by atoms with E-state index in [1.54, 1.807) is 0 Å². The van der Waals surface area contributed by atoms with Gasteiger partial charge in [-0.25, -0.2) is 0 Å². The molecule has 0 atom stereocenters. The summed E-state index contributed by atoms with van der Waals surface area (Å²) in [5.41, 5.74) is 4.15. The SMILES string of the molecule is c1ccc2cc3c(cc2c1)oc1cc2[nH]c4ccccc4c2cc13. The number of furan rings is 1. The molecule has 112 valence electrons. The molecule has 2 heteroatoms. The average Bonchev–Trinajstić information content (AvgIpc) is 3.14. The van der Waals surface area contributed by atoms with Crippen molar-refractivity contribution < 1.29 is 4.42 Å². The van der Waals surface area contributed by atoms with E-state index in [9.17, 15) is 0 Å². The molecular formula is C22H13NO. The first-order valence-electron chi connectivity index (χ1n) is 8.12. The topological polar surface area (TPSA) is 28.9 Å². The summed E-state index contributed by atoms with van der Waals surface area (Å²) in [7, 11) is 0. The van der Waals surface area contributed by atoms with Crippen LogP contribution >= 0.6 is 0 Å². The van der Waals surface area contributed by atoms with Crippen molar-refractivity contribution in [3.63, 3.8) is 0 Å². The van der Waals surface area contributed by atoms with E-state index < -0.39 is 0 Å².